The molecule has 3 aromatic rings. The zero-order chi connectivity index (χ0) is 15.9. The van der Waals surface area contributed by atoms with Gasteiger partial charge in [-0.3, -0.25) is 0 Å². The summed E-state index contributed by atoms with van der Waals surface area (Å²) in [6, 6.07) is 19.6. The van der Waals surface area contributed by atoms with Gasteiger partial charge in [-0.1, -0.05) is 41.6 Å². The summed E-state index contributed by atoms with van der Waals surface area (Å²) in [4.78, 5) is 0. The molecule has 0 amide bonds. The first kappa shape index (κ1) is 15.2. The molecule has 23 heavy (non-hydrogen) atoms. The average molecular weight is 309 g/mol. The molecule has 5 heteroatoms. The molecule has 0 saturated heterocycles. The minimum absolute atomic E-state index is 0.109. The van der Waals surface area contributed by atoms with Gasteiger partial charge in [0, 0.05) is 0 Å². The molecule has 0 aliphatic heterocycles. The number of para-hydroxylation sites is 2. The molecule has 0 aliphatic carbocycles. The molecule has 3 rings (SSSR count). The molecule has 0 atom stereocenters. The van der Waals surface area contributed by atoms with Gasteiger partial charge in [0.15, 0.2) is 0 Å². The second-order valence-corrected chi connectivity index (χ2v) is 5.15. The van der Waals surface area contributed by atoms with E-state index in [2.05, 4.69) is 10.3 Å². The third-order valence-electron chi connectivity index (χ3n) is 3.56. The zero-order valence-corrected chi connectivity index (χ0v) is 12.8. The highest BCUT2D eigenvalue weighted by atomic mass is 16.5. The number of hydrogen-bond acceptors (Lipinski definition) is 4. The fourth-order valence-electron chi connectivity index (χ4n) is 2.43. The van der Waals surface area contributed by atoms with Gasteiger partial charge in [0.25, 0.3) is 0 Å². The first-order chi connectivity index (χ1) is 11.4. The molecular formula is C18H19N3O2. The van der Waals surface area contributed by atoms with E-state index in [1.165, 1.54) is 0 Å². The monoisotopic (exact) mass is 309 g/mol. The number of aliphatic hydroxyl groups is 1. The van der Waals surface area contributed by atoms with E-state index in [4.69, 9.17) is 4.74 Å². The van der Waals surface area contributed by atoms with E-state index in [0.29, 0.717) is 12.3 Å². The summed E-state index contributed by atoms with van der Waals surface area (Å²) in [6.07, 6.45) is 1.56. The molecule has 1 N–H and O–H groups in total. The van der Waals surface area contributed by atoms with Crippen molar-refractivity contribution in [3.63, 3.8) is 0 Å². The second-order valence-electron chi connectivity index (χ2n) is 5.15. The lowest BCUT2D eigenvalue weighted by atomic mass is 10.2. The van der Waals surface area contributed by atoms with E-state index in [0.717, 1.165) is 30.0 Å². The van der Waals surface area contributed by atoms with E-state index in [-0.39, 0.29) is 6.61 Å². The first-order valence-corrected chi connectivity index (χ1v) is 7.66. The van der Waals surface area contributed by atoms with Crippen LogP contribution < -0.4 is 4.74 Å². The minimum atomic E-state index is -0.109. The van der Waals surface area contributed by atoms with Crippen LogP contribution in [-0.4, -0.2) is 26.7 Å². The number of benzene rings is 2. The van der Waals surface area contributed by atoms with Crippen LogP contribution in [0.3, 0.4) is 0 Å². The van der Waals surface area contributed by atoms with E-state index in [1.54, 1.807) is 4.68 Å². The molecule has 0 unspecified atom stereocenters. The maximum Gasteiger partial charge on any atom is 0.119 e. The van der Waals surface area contributed by atoms with Crippen LogP contribution >= 0.6 is 0 Å². The number of nitrogens with zero attached hydrogens (tertiary/aromatic N) is 3. The minimum Gasteiger partial charge on any atom is -0.494 e. The van der Waals surface area contributed by atoms with Gasteiger partial charge >= 0.3 is 0 Å². The van der Waals surface area contributed by atoms with Crippen LogP contribution in [0.25, 0.3) is 5.69 Å². The van der Waals surface area contributed by atoms with Crippen LogP contribution in [0.5, 0.6) is 5.75 Å². The van der Waals surface area contributed by atoms with Crippen molar-refractivity contribution < 1.29 is 9.84 Å². The van der Waals surface area contributed by atoms with E-state index in [1.807, 2.05) is 60.7 Å². The van der Waals surface area contributed by atoms with Gasteiger partial charge in [-0.2, -0.15) is 0 Å². The van der Waals surface area contributed by atoms with Crippen molar-refractivity contribution in [2.45, 2.75) is 19.4 Å². The van der Waals surface area contributed by atoms with Gasteiger partial charge in [-0.05, 0) is 37.1 Å². The number of aromatic nitrogens is 3. The Bertz CT molecular complexity index is 727. The predicted molar refractivity (Wildman–Crippen MR) is 87.5 cm³/mol. The number of aliphatic hydroxyl groups excluding tert-OH is 1. The van der Waals surface area contributed by atoms with Crippen LogP contribution in [0, 0.1) is 0 Å². The summed E-state index contributed by atoms with van der Waals surface area (Å²) in [5, 5.41) is 17.7. The van der Waals surface area contributed by atoms with Gasteiger partial charge in [-0.15, -0.1) is 5.10 Å². The van der Waals surface area contributed by atoms with Crippen molar-refractivity contribution in [2.75, 3.05) is 6.61 Å². The molecule has 0 spiro atoms. The highest BCUT2D eigenvalue weighted by molar-refractivity contribution is 5.33. The second kappa shape index (κ2) is 7.56. The molecule has 1 aromatic heterocycles. The topological polar surface area (TPSA) is 60.2 Å². The van der Waals surface area contributed by atoms with Crippen molar-refractivity contribution in [3.05, 3.63) is 72.1 Å². The number of hydrogen-bond donors (Lipinski definition) is 1. The highest BCUT2D eigenvalue weighted by Gasteiger charge is 2.13. The molecular weight excluding hydrogens is 290 g/mol. The van der Waals surface area contributed by atoms with Gasteiger partial charge < -0.3 is 9.84 Å². The number of rotatable bonds is 7. The Morgan fingerprint density at radius 1 is 0.957 bits per heavy atom. The van der Waals surface area contributed by atoms with Crippen LogP contribution in [0.15, 0.2) is 60.7 Å². The van der Waals surface area contributed by atoms with Crippen molar-refractivity contribution in [3.8, 4) is 11.4 Å². The molecule has 118 valence electrons. The molecule has 0 bridgehead atoms. The predicted octanol–water partition coefficient (Wildman–Crippen LogP) is 2.77. The lowest BCUT2D eigenvalue weighted by molar-refractivity contribution is 0.274. The summed E-state index contributed by atoms with van der Waals surface area (Å²) in [5.41, 5.74) is 2.49. The molecule has 0 radical (unpaired) electrons. The van der Waals surface area contributed by atoms with Crippen molar-refractivity contribution in [2.24, 2.45) is 0 Å². The molecule has 5 nitrogen and oxygen atoms in total. The van der Waals surface area contributed by atoms with Crippen LogP contribution in [0.2, 0.25) is 0 Å². The van der Waals surface area contributed by atoms with E-state index < -0.39 is 0 Å². The van der Waals surface area contributed by atoms with E-state index in [9.17, 15) is 5.11 Å². The molecule has 0 aliphatic rings. The van der Waals surface area contributed by atoms with Gasteiger partial charge in [0.2, 0.25) is 0 Å². The van der Waals surface area contributed by atoms with Gasteiger partial charge in [-0.25, -0.2) is 4.68 Å². The summed E-state index contributed by atoms with van der Waals surface area (Å²) in [5.74, 6) is 0.865. The van der Waals surface area contributed by atoms with Crippen molar-refractivity contribution in [1.29, 1.82) is 0 Å². The summed E-state index contributed by atoms with van der Waals surface area (Å²) < 4.78 is 7.50. The quantitative estimate of drug-likeness (QED) is 0.682. The van der Waals surface area contributed by atoms with Crippen molar-refractivity contribution >= 4 is 0 Å². The Morgan fingerprint density at radius 2 is 1.65 bits per heavy atom. The summed E-state index contributed by atoms with van der Waals surface area (Å²) in [7, 11) is 0. The van der Waals surface area contributed by atoms with Gasteiger partial charge in [0.1, 0.15) is 11.4 Å². The molecule has 2 aromatic carbocycles. The molecule has 0 saturated carbocycles. The molecule has 0 fully saturated rings. The third kappa shape index (κ3) is 3.76. The Kier molecular flexibility index (Phi) is 5.01. The fourth-order valence-corrected chi connectivity index (χ4v) is 2.43. The smallest absolute Gasteiger partial charge is 0.119 e. The molecule has 1 heterocycles. The van der Waals surface area contributed by atoms with Crippen LogP contribution in [0.4, 0.5) is 0 Å². The van der Waals surface area contributed by atoms with E-state index >= 15 is 0 Å². The number of ether oxygens (including phenoxy) is 1. The Balaban J connectivity index is 1.66. The maximum atomic E-state index is 9.47. The third-order valence-corrected chi connectivity index (χ3v) is 3.56. The van der Waals surface area contributed by atoms with Crippen LogP contribution in [0.1, 0.15) is 17.8 Å². The normalized spacial score (nSPS) is 10.7. The van der Waals surface area contributed by atoms with Crippen molar-refractivity contribution in [1.82, 2.24) is 15.0 Å². The lowest BCUT2D eigenvalue weighted by Gasteiger charge is -2.09. The maximum absolute atomic E-state index is 9.47. The average Bonchev–Trinajstić information content (AvgIpc) is 3.03. The first-order valence-electron chi connectivity index (χ1n) is 7.66. The summed E-state index contributed by atoms with van der Waals surface area (Å²) in [6.45, 7) is 0.497. The SMILES string of the molecule is OCc1nnn(-c2ccccc2)c1CCCOc1ccccc1. The standard InChI is InChI=1S/C18H19N3O2/c22-14-17-18(12-7-13-23-16-10-5-2-6-11-16)21(20-19-17)15-8-3-1-4-9-15/h1-6,8-11,22H,7,12-14H2. The zero-order valence-electron chi connectivity index (χ0n) is 12.8. The lowest BCUT2D eigenvalue weighted by Crippen LogP contribution is -2.07. The Hall–Kier alpha value is -2.66. The largest absolute Gasteiger partial charge is 0.494 e. The van der Waals surface area contributed by atoms with Gasteiger partial charge in [0.05, 0.1) is 24.6 Å². The fraction of sp³-hybridized carbons (Fsp3) is 0.222. The highest BCUT2D eigenvalue weighted by Crippen LogP contribution is 2.15. The summed E-state index contributed by atoms with van der Waals surface area (Å²) >= 11 is 0. The Labute approximate surface area is 135 Å². The van der Waals surface area contributed by atoms with Crippen LogP contribution in [-0.2, 0) is 13.0 Å². The Morgan fingerprint density at radius 3 is 2.35 bits per heavy atom.